The van der Waals surface area contributed by atoms with Crippen LogP contribution in [0.2, 0.25) is 0 Å². The quantitative estimate of drug-likeness (QED) is 0.186. The molecule has 0 N–H and O–H groups in total. The van der Waals surface area contributed by atoms with E-state index in [1.54, 1.807) is 0 Å². The van der Waals surface area contributed by atoms with Gasteiger partial charge in [0, 0.05) is 5.56 Å². The van der Waals surface area contributed by atoms with E-state index in [9.17, 15) is 0 Å². The number of benzene rings is 6. The largest absolute Gasteiger partial charge is 0.238 e. The Labute approximate surface area is 241 Å². The number of nitrogens with zero attached hydrogens (tertiary/aromatic N) is 2. The van der Waals surface area contributed by atoms with Gasteiger partial charge in [-0.15, -0.1) is 0 Å². The van der Waals surface area contributed by atoms with Crippen molar-refractivity contribution in [2.75, 3.05) is 0 Å². The van der Waals surface area contributed by atoms with Crippen molar-refractivity contribution in [2.24, 2.45) is 9.98 Å². The molecule has 0 aromatic heterocycles. The van der Waals surface area contributed by atoms with Crippen molar-refractivity contribution in [3.63, 3.8) is 0 Å². The van der Waals surface area contributed by atoms with E-state index in [2.05, 4.69) is 96.7 Å². The van der Waals surface area contributed by atoms with Gasteiger partial charge in [-0.3, -0.25) is 0 Å². The lowest BCUT2D eigenvalue weighted by molar-refractivity contribution is 1.08. The molecule has 2 heteroatoms. The smallest absolute Gasteiger partial charge is 0.0787 e. The summed E-state index contributed by atoms with van der Waals surface area (Å²) in [5, 5.41) is 2.29. The molecule has 0 aliphatic heterocycles. The van der Waals surface area contributed by atoms with Crippen molar-refractivity contribution in [1.29, 1.82) is 0 Å². The van der Waals surface area contributed by atoms with Crippen molar-refractivity contribution in [3.8, 4) is 0 Å². The summed E-state index contributed by atoms with van der Waals surface area (Å²) in [5.41, 5.74) is 8.08. The van der Waals surface area contributed by atoms with Gasteiger partial charge in [-0.05, 0) is 56.9 Å². The zero-order chi connectivity index (χ0) is 27.7. The first kappa shape index (κ1) is 25.7. The standard InChI is InChI=1S/C39H28N2/c1-5-15-30(16-6-1)37(31-17-7-2-8-18-31)28-40-27-36-25-34-23-13-14-24-35(34)26-39(36)41-29-38(32-19-9-3-10-20-32)33-21-11-4-12-22-33/h1-26H,27H2. The molecular formula is C39H28N2. The van der Waals surface area contributed by atoms with Gasteiger partial charge in [0.1, 0.15) is 0 Å². The molecule has 0 spiro atoms. The van der Waals surface area contributed by atoms with Gasteiger partial charge in [0.25, 0.3) is 0 Å². The molecule has 0 aliphatic carbocycles. The van der Waals surface area contributed by atoms with Gasteiger partial charge in [-0.2, -0.15) is 0 Å². The molecule has 0 radical (unpaired) electrons. The third kappa shape index (κ3) is 6.22. The number of rotatable bonds is 7. The molecule has 6 aromatic rings. The van der Waals surface area contributed by atoms with E-state index in [0.29, 0.717) is 6.54 Å². The van der Waals surface area contributed by atoms with E-state index in [1.807, 2.05) is 72.8 Å². The Morgan fingerprint density at radius 1 is 0.439 bits per heavy atom. The fraction of sp³-hybridized carbons (Fsp3) is 0.0256. The molecule has 2 nitrogen and oxygen atoms in total. The first-order chi connectivity index (χ1) is 20.3. The molecule has 0 aliphatic rings. The van der Waals surface area contributed by atoms with E-state index in [1.165, 1.54) is 0 Å². The number of hydrogen-bond acceptors (Lipinski definition) is 2. The molecule has 0 saturated heterocycles. The zero-order valence-electron chi connectivity index (χ0n) is 22.6. The summed E-state index contributed by atoms with van der Waals surface area (Å²) in [4.78, 5) is 9.77. The lowest BCUT2D eigenvalue weighted by Crippen LogP contribution is -1.90. The molecule has 0 unspecified atom stereocenters. The fourth-order valence-electron chi connectivity index (χ4n) is 4.84. The van der Waals surface area contributed by atoms with E-state index >= 15 is 0 Å². The lowest BCUT2D eigenvalue weighted by Gasteiger charge is -2.07. The summed E-state index contributed by atoms with van der Waals surface area (Å²) in [7, 11) is 0. The Balaban J connectivity index is 1.47. The third-order valence-corrected chi connectivity index (χ3v) is 6.93. The second-order valence-corrected chi connectivity index (χ2v) is 9.69. The van der Waals surface area contributed by atoms with Crippen molar-refractivity contribution in [3.05, 3.63) is 186 Å². The van der Waals surface area contributed by atoms with E-state index < -0.39 is 0 Å². The minimum absolute atomic E-state index is 0.445. The Kier molecular flexibility index (Phi) is 7.88. The van der Waals surface area contributed by atoms with Gasteiger partial charge in [-0.25, -0.2) is 9.98 Å². The summed E-state index contributed by atoms with van der Waals surface area (Å²) in [5.74, 6) is 6.77. The summed E-state index contributed by atoms with van der Waals surface area (Å²) in [6.45, 7) is 0.445. The molecule has 0 fully saturated rings. The van der Waals surface area contributed by atoms with Gasteiger partial charge in [0.2, 0.25) is 0 Å². The molecule has 6 aromatic carbocycles. The predicted molar refractivity (Wildman–Crippen MR) is 173 cm³/mol. The second kappa shape index (κ2) is 12.6. The minimum atomic E-state index is 0.445. The SMILES string of the molecule is C(=NCc1cc2ccccc2cc1N=C=C(c1ccccc1)c1ccccc1)=C(c1ccccc1)c1ccccc1. The van der Waals surface area contributed by atoms with Crippen molar-refractivity contribution < 1.29 is 0 Å². The van der Waals surface area contributed by atoms with Gasteiger partial charge in [-0.1, -0.05) is 146 Å². The summed E-state index contributed by atoms with van der Waals surface area (Å²) in [6, 6.07) is 53.8. The molecule has 194 valence electrons. The number of aliphatic imine (C=N–C) groups is 2. The van der Waals surface area contributed by atoms with Crippen LogP contribution in [0.15, 0.2) is 168 Å². The van der Waals surface area contributed by atoms with Crippen LogP contribution in [0.25, 0.3) is 21.9 Å². The highest BCUT2D eigenvalue weighted by atomic mass is 14.7. The van der Waals surface area contributed by atoms with Crippen LogP contribution >= 0.6 is 0 Å². The first-order valence-corrected chi connectivity index (χ1v) is 13.7. The monoisotopic (exact) mass is 524 g/mol. The topological polar surface area (TPSA) is 24.7 Å². The minimum Gasteiger partial charge on any atom is -0.238 e. The molecule has 0 bridgehead atoms. The summed E-state index contributed by atoms with van der Waals surface area (Å²) in [6.07, 6.45) is 0. The Hall–Kier alpha value is -5.52. The lowest BCUT2D eigenvalue weighted by atomic mass is 9.99. The molecule has 0 amide bonds. The van der Waals surface area contributed by atoms with Crippen molar-refractivity contribution in [1.82, 2.24) is 0 Å². The average Bonchev–Trinajstić information content (AvgIpc) is 3.05. The molecule has 6 rings (SSSR count). The van der Waals surface area contributed by atoms with Gasteiger partial charge in [0.05, 0.1) is 23.4 Å². The summed E-state index contributed by atoms with van der Waals surface area (Å²) < 4.78 is 0. The third-order valence-electron chi connectivity index (χ3n) is 6.93. The van der Waals surface area contributed by atoms with Crippen LogP contribution in [0, 0.1) is 0 Å². The highest BCUT2D eigenvalue weighted by Crippen LogP contribution is 2.28. The molecule has 0 atom stereocenters. The maximum absolute atomic E-state index is 4.94. The maximum atomic E-state index is 4.94. The highest BCUT2D eigenvalue weighted by Gasteiger charge is 2.08. The Bertz CT molecular complexity index is 1810. The molecule has 0 heterocycles. The number of fused-ring (bicyclic) bond motifs is 1. The van der Waals surface area contributed by atoms with Crippen molar-refractivity contribution >= 4 is 39.3 Å². The molecule has 0 saturated carbocycles. The molecular weight excluding hydrogens is 496 g/mol. The maximum Gasteiger partial charge on any atom is 0.0787 e. The highest BCUT2D eigenvalue weighted by molar-refractivity contribution is 6.00. The Morgan fingerprint density at radius 3 is 1.29 bits per heavy atom. The van der Waals surface area contributed by atoms with Gasteiger partial charge >= 0.3 is 0 Å². The zero-order valence-corrected chi connectivity index (χ0v) is 22.6. The van der Waals surface area contributed by atoms with Gasteiger partial charge in [0.15, 0.2) is 0 Å². The predicted octanol–water partition coefficient (Wildman–Crippen LogP) is 9.57. The Morgan fingerprint density at radius 2 is 0.829 bits per heavy atom. The second-order valence-electron chi connectivity index (χ2n) is 9.69. The fourth-order valence-corrected chi connectivity index (χ4v) is 4.84. The molecule has 41 heavy (non-hydrogen) atoms. The summed E-state index contributed by atoms with van der Waals surface area (Å²) >= 11 is 0. The van der Waals surface area contributed by atoms with Crippen molar-refractivity contribution in [2.45, 2.75) is 6.54 Å². The van der Waals surface area contributed by atoms with Gasteiger partial charge < -0.3 is 0 Å². The van der Waals surface area contributed by atoms with E-state index in [4.69, 9.17) is 9.98 Å². The number of hydrogen-bond donors (Lipinski definition) is 0. The van der Waals surface area contributed by atoms with Crippen LogP contribution in [0.5, 0.6) is 0 Å². The van der Waals surface area contributed by atoms with Crippen LogP contribution in [-0.4, -0.2) is 11.7 Å². The first-order valence-electron chi connectivity index (χ1n) is 13.7. The normalized spacial score (nSPS) is 10.3. The van der Waals surface area contributed by atoms with Crippen LogP contribution in [0.1, 0.15) is 27.8 Å². The average molecular weight is 525 g/mol. The van der Waals surface area contributed by atoms with Crippen LogP contribution in [-0.2, 0) is 6.54 Å². The van der Waals surface area contributed by atoms with E-state index in [0.717, 1.165) is 55.4 Å². The van der Waals surface area contributed by atoms with Crippen LogP contribution < -0.4 is 0 Å². The van der Waals surface area contributed by atoms with Crippen LogP contribution in [0.3, 0.4) is 0 Å². The van der Waals surface area contributed by atoms with Crippen LogP contribution in [0.4, 0.5) is 5.69 Å². The van der Waals surface area contributed by atoms with E-state index in [-0.39, 0.29) is 0 Å².